The van der Waals surface area contributed by atoms with E-state index in [1.54, 1.807) is 43.3 Å². The molecule has 1 heterocycles. The summed E-state index contributed by atoms with van der Waals surface area (Å²) < 4.78 is 10.4. The molecule has 1 N–H and O–H groups in total. The number of nitrogens with one attached hydrogen (secondary N) is 1. The van der Waals surface area contributed by atoms with E-state index in [-0.39, 0.29) is 17.6 Å². The molecule has 0 bridgehead atoms. The van der Waals surface area contributed by atoms with E-state index in [0.29, 0.717) is 29.5 Å². The molecule has 1 amide bonds. The van der Waals surface area contributed by atoms with Gasteiger partial charge in [-0.3, -0.25) is 4.79 Å². The molecule has 2 rings (SSSR count). The van der Waals surface area contributed by atoms with Crippen molar-refractivity contribution in [1.29, 1.82) is 0 Å². The predicted octanol–water partition coefficient (Wildman–Crippen LogP) is 3.65. The van der Waals surface area contributed by atoms with E-state index < -0.39 is 0 Å². The zero-order chi connectivity index (χ0) is 16.1. The van der Waals surface area contributed by atoms with Gasteiger partial charge in [-0.05, 0) is 49.2 Å². The summed E-state index contributed by atoms with van der Waals surface area (Å²) >= 11 is 0. The molecule has 0 fully saturated rings. The minimum absolute atomic E-state index is 0.248. The van der Waals surface area contributed by atoms with Crippen molar-refractivity contribution in [2.24, 2.45) is 5.92 Å². The molecule has 0 aliphatic heterocycles. The second-order valence-electron chi connectivity index (χ2n) is 5.43. The quantitative estimate of drug-likeness (QED) is 0.856. The third kappa shape index (κ3) is 4.22. The van der Waals surface area contributed by atoms with Gasteiger partial charge in [-0.25, -0.2) is 4.79 Å². The molecule has 0 saturated carbocycles. The van der Waals surface area contributed by atoms with Crippen molar-refractivity contribution in [3.63, 3.8) is 0 Å². The Hall–Kier alpha value is -2.56. The zero-order valence-corrected chi connectivity index (χ0v) is 12.9. The van der Waals surface area contributed by atoms with Crippen LogP contribution in [0.1, 0.15) is 40.5 Å². The number of ether oxygens (including phenoxy) is 1. The second kappa shape index (κ2) is 6.93. The molecule has 1 aromatic heterocycles. The highest BCUT2D eigenvalue weighted by atomic mass is 16.5. The van der Waals surface area contributed by atoms with Crippen LogP contribution < -0.4 is 5.32 Å². The van der Waals surface area contributed by atoms with Gasteiger partial charge < -0.3 is 14.5 Å². The number of amides is 1. The van der Waals surface area contributed by atoms with Crippen molar-refractivity contribution in [3.05, 3.63) is 53.5 Å². The van der Waals surface area contributed by atoms with Crippen LogP contribution >= 0.6 is 0 Å². The third-order valence-electron chi connectivity index (χ3n) is 2.89. The fourth-order valence-electron chi connectivity index (χ4n) is 1.76. The van der Waals surface area contributed by atoms with Gasteiger partial charge in [0.15, 0.2) is 5.76 Å². The Balaban J connectivity index is 1.97. The van der Waals surface area contributed by atoms with Crippen LogP contribution in [0.2, 0.25) is 0 Å². The van der Waals surface area contributed by atoms with Crippen LogP contribution in [0.3, 0.4) is 0 Å². The van der Waals surface area contributed by atoms with E-state index in [9.17, 15) is 9.59 Å². The molecule has 2 aromatic rings. The molecule has 0 unspecified atom stereocenters. The molecule has 0 radical (unpaired) electrons. The summed E-state index contributed by atoms with van der Waals surface area (Å²) in [6.07, 6.45) is 0. The Morgan fingerprint density at radius 3 is 2.36 bits per heavy atom. The molecular formula is C17H19NO4. The first kappa shape index (κ1) is 15.8. The lowest BCUT2D eigenvalue weighted by Crippen LogP contribution is -2.12. The van der Waals surface area contributed by atoms with Crippen LogP contribution in [0.25, 0.3) is 0 Å². The van der Waals surface area contributed by atoms with Crippen molar-refractivity contribution in [1.82, 2.24) is 0 Å². The molecule has 0 aliphatic rings. The fraction of sp³-hybridized carbons (Fsp3) is 0.294. The van der Waals surface area contributed by atoms with Gasteiger partial charge in [0.1, 0.15) is 5.76 Å². The number of hydrogen-bond donors (Lipinski definition) is 1. The maximum Gasteiger partial charge on any atom is 0.338 e. The average molecular weight is 301 g/mol. The average Bonchev–Trinajstić information content (AvgIpc) is 2.92. The van der Waals surface area contributed by atoms with E-state index in [1.807, 2.05) is 13.8 Å². The van der Waals surface area contributed by atoms with Gasteiger partial charge in [-0.2, -0.15) is 0 Å². The number of furan rings is 1. The number of anilines is 1. The van der Waals surface area contributed by atoms with E-state index in [2.05, 4.69) is 5.32 Å². The monoisotopic (exact) mass is 301 g/mol. The number of aryl methyl sites for hydroxylation is 1. The van der Waals surface area contributed by atoms with Gasteiger partial charge in [0.2, 0.25) is 0 Å². The number of carbonyl (C=O) groups is 2. The first-order chi connectivity index (χ1) is 10.5. The van der Waals surface area contributed by atoms with Crippen LogP contribution in [-0.4, -0.2) is 18.5 Å². The maximum absolute atomic E-state index is 11.9. The Bertz CT molecular complexity index is 656. The molecule has 0 saturated heterocycles. The van der Waals surface area contributed by atoms with Gasteiger partial charge in [0.25, 0.3) is 5.91 Å². The summed E-state index contributed by atoms with van der Waals surface area (Å²) in [5.41, 5.74) is 1.03. The Morgan fingerprint density at radius 1 is 1.14 bits per heavy atom. The molecule has 5 heteroatoms. The van der Waals surface area contributed by atoms with E-state index >= 15 is 0 Å². The highest BCUT2D eigenvalue weighted by Crippen LogP contribution is 2.14. The molecular weight excluding hydrogens is 282 g/mol. The van der Waals surface area contributed by atoms with Crippen LogP contribution in [0, 0.1) is 12.8 Å². The summed E-state index contributed by atoms with van der Waals surface area (Å²) in [5.74, 6) is 0.516. The molecule has 116 valence electrons. The fourth-order valence-corrected chi connectivity index (χ4v) is 1.76. The molecule has 0 aliphatic carbocycles. The standard InChI is InChI=1S/C17H19NO4/c1-11(2)10-21-17(20)13-5-7-14(8-6-13)18-16(19)15-9-4-12(3)22-15/h4-9,11H,10H2,1-3H3,(H,18,19). The number of esters is 1. The normalized spacial score (nSPS) is 10.5. The SMILES string of the molecule is Cc1ccc(C(=O)Nc2ccc(C(=O)OCC(C)C)cc2)o1. The Morgan fingerprint density at radius 2 is 1.82 bits per heavy atom. The van der Waals surface area contributed by atoms with Crippen LogP contribution in [0.5, 0.6) is 0 Å². The largest absolute Gasteiger partial charge is 0.462 e. The topological polar surface area (TPSA) is 68.5 Å². The summed E-state index contributed by atoms with van der Waals surface area (Å²) in [5, 5.41) is 2.70. The third-order valence-corrected chi connectivity index (χ3v) is 2.89. The highest BCUT2D eigenvalue weighted by Gasteiger charge is 2.11. The zero-order valence-electron chi connectivity index (χ0n) is 12.9. The van der Waals surface area contributed by atoms with Crippen molar-refractivity contribution < 1.29 is 18.7 Å². The van der Waals surface area contributed by atoms with Crippen molar-refractivity contribution in [2.75, 3.05) is 11.9 Å². The Kier molecular flexibility index (Phi) is 4.99. The first-order valence-electron chi connectivity index (χ1n) is 7.10. The number of rotatable bonds is 5. The minimum atomic E-state index is -0.367. The van der Waals surface area contributed by atoms with E-state index in [0.717, 1.165) is 0 Å². The molecule has 1 aromatic carbocycles. The summed E-state index contributed by atoms with van der Waals surface area (Å²) in [4.78, 5) is 23.7. The van der Waals surface area contributed by atoms with Gasteiger partial charge >= 0.3 is 5.97 Å². The molecule has 22 heavy (non-hydrogen) atoms. The van der Waals surface area contributed by atoms with Gasteiger partial charge in [0.05, 0.1) is 12.2 Å². The minimum Gasteiger partial charge on any atom is -0.462 e. The van der Waals surface area contributed by atoms with Crippen molar-refractivity contribution in [3.8, 4) is 0 Å². The van der Waals surface area contributed by atoms with Crippen LogP contribution in [0.4, 0.5) is 5.69 Å². The van der Waals surface area contributed by atoms with Gasteiger partial charge in [-0.1, -0.05) is 13.8 Å². The lowest BCUT2D eigenvalue weighted by Gasteiger charge is -2.08. The summed E-state index contributed by atoms with van der Waals surface area (Å²) in [7, 11) is 0. The summed E-state index contributed by atoms with van der Waals surface area (Å²) in [6.45, 7) is 6.11. The van der Waals surface area contributed by atoms with E-state index in [4.69, 9.17) is 9.15 Å². The van der Waals surface area contributed by atoms with Crippen LogP contribution in [0.15, 0.2) is 40.8 Å². The summed E-state index contributed by atoms with van der Waals surface area (Å²) in [6, 6.07) is 9.88. The molecule has 0 spiro atoms. The van der Waals surface area contributed by atoms with Gasteiger partial charge in [0, 0.05) is 5.69 Å². The first-order valence-corrected chi connectivity index (χ1v) is 7.10. The number of benzene rings is 1. The number of hydrogen-bond acceptors (Lipinski definition) is 4. The second-order valence-corrected chi connectivity index (χ2v) is 5.43. The lowest BCUT2D eigenvalue weighted by molar-refractivity contribution is 0.0459. The molecule has 0 atom stereocenters. The van der Waals surface area contributed by atoms with Crippen molar-refractivity contribution in [2.45, 2.75) is 20.8 Å². The predicted molar refractivity (Wildman–Crippen MR) is 83.0 cm³/mol. The van der Waals surface area contributed by atoms with Gasteiger partial charge in [-0.15, -0.1) is 0 Å². The Labute approximate surface area is 129 Å². The highest BCUT2D eigenvalue weighted by molar-refractivity contribution is 6.02. The number of carbonyl (C=O) groups excluding carboxylic acids is 2. The van der Waals surface area contributed by atoms with E-state index in [1.165, 1.54) is 0 Å². The smallest absolute Gasteiger partial charge is 0.338 e. The van der Waals surface area contributed by atoms with Crippen LogP contribution in [-0.2, 0) is 4.74 Å². The lowest BCUT2D eigenvalue weighted by atomic mass is 10.2. The van der Waals surface area contributed by atoms with Crippen molar-refractivity contribution >= 4 is 17.6 Å². The maximum atomic E-state index is 11.9. The molecule has 5 nitrogen and oxygen atoms in total.